The van der Waals surface area contributed by atoms with E-state index >= 15 is 0 Å². The van der Waals surface area contributed by atoms with E-state index in [2.05, 4.69) is 31.2 Å². The van der Waals surface area contributed by atoms with Gasteiger partial charge in [-0.15, -0.1) is 0 Å². The molecule has 0 amide bonds. The highest BCUT2D eigenvalue weighted by molar-refractivity contribution is 5.22. The van der Waals surface area contributed by atoms with Crippen molar-refractivity contribution in [3.8, 4) is 0 Å². The molecule has 0 radical (unpaired) electrons. The van der Waals surface area contributed by atoms with Crippen molar-refractivity contribution in [1.29, 1.82) is 0 Å². The first-order valence-corrected chi connectivity index (χ1v) is 7.62. The lowest BCUT2D eigenvalue weighted by atomic mass is 9.70. The van der Waals surface area contributed by atoms with Gasteiger partial charge in [-0.1, -0.05) is 29.8 Å². The lowest BCUT2D eigenvalue weighted by Crippen LogP contribution is -2.49. The van der Waals surface area contributed by atoms with Gasteiger partial charge in [-0.3, -0.25) is 0 Å². The van der Waals surface area contributed by atoms with Crippen molar-refractivity contribution >= 4 is 0 Å². The summed E-state index contributed by atoms with van der Waals surface area (Å²) < 4.78 is 5.99. The van der Waals surface area contributed by atoms with Crippen LogP contribution in [0.1, 0.15) is 43.2 Å². The lowest BCUT2D eigenvalue weighted by molar-refractivity contribution is -0.145. The number of rotatable bonds is 3. The topological polar surface area (TPSA) is 35.2 Å². The normalized spacial score (nSPS) is 26.9. The van der Waals surface area contributed by atoms with Gasteiger partial charge in [-0.25, -0.2) is 0 Å². The highest BCUT2D eigenvalue weighted by Crippen LogP contribution is 2.44. The average Bonchev–Trinajstić information content (AvgIpc) is 2.40. The minimum absolute atomic E-state index is 0.216. The smallest absolute Gasteiger partial charge is 0.0685 e. The zero-order chi connectivity index (χ0) is 13.3. The fourth-order valence-corrected chi connectivity index (χ4v) is 3.51. The molecule has 1 spiro atoms. The molecule has 2 heteroatoms. The zero-order valence-corrected chi connectivity index (χ0v) is 11.9. The average molecular weight is 259 g/mol. The van der Waals surface area contributed by atoms with E-state index in [4.69, 9.17) is 10.5 Å². The first-order valence-electron chi connectivity index (χ1n) is 7.62. The molecule has 2 N–H and O–H groups in total. The summed E-state index contributed by atoms with van der Waals surface area (Å²) in [4.78, 5) is 0. The van der Waals surface area contributed by atoms with Crippen LogP contribution in [0.15, 0.2) is 24.3 Å². The van der Waals surface area contributed by atoms with Crippen LogP contribution in [0.5, 0.6) is 0 Å². The minimum atomic E-state index is 0.216. The highest BCUT2D eigenvalue weighted by atomic mass is 16.5. The fourth-order valence-electron chi connectivity index (χ4n) is 3.51. The Hall–Kier alpha value is -0.860. The molecule has 0 aromatic heterocycles. The van der Waals surface area contributed by atoms with Crippen molar-refractivity contribution in [1.82, 2.24) is 0 Å². The van der Waals surface area contributed by atoms with Crippen LogP contribution in [0.4, 0.5) is 0 Å². The maximum atomic E-state index is 6.46. The van der Waals surface area contributed by atoms with Crippen LogP contribution in [0.2, 0.25) is 0 Å². The van der Waals surface area contributed by atoms with Crippen molar-refractivity contribution in [2.45, 2.75) is 57.1 Å². The van der Waals surface area contributed by atoms with Gasteiger partial charge in [0.05, 0.1) is 5.60 Å². The Morgan fingerprint density at radius 1 is 1.32 bits per heavy atom. The molecule has 2 atom stereocenters. The minimum Gasteiger partial charge on any atom is -0.375 e. The fraction of sp³-hybridized carbons (Fsp3) is 0.647. The molecule has 1 aliphatic carbocycles. The summed E-state index contributed by atoms with van der Waals surface area (Å²) in [6.07, 6.45) is 7.15. The molecule has 1 saturated heterocycles. The first-order chi connectivity index (χ1) is 9.17. The Balaban J connectivity index is 1.60. The Kier molecular flexibility index (Phi) is 3.64. The molecule has 104 valence electrons. The van der Waals surface area contributed by atoms with Crippen molar-refractivity contribution in [3.05, 3.63) is 35.4 Å². The standard InChI is InChI=1S/C17H25NO/c1-13-3-5-14(6-4-13)11-16(18)15-7-10-19-17(12-15)8-2-9-17/h3-6,15-16H,2,7-12,18H2,1H3. The number of hydrogen-bond acceptors (Lipinski definition) is 2. The summed E-state index contributed by atoms with van der Waals surface area (Å²) >= 11 is 0. The van der Waals surface area contributed by atoms with E-state index in [0.29, 0.717) is 5.92 Å². The van der Waals surface area contributed by atoms with Crippen molar-refractivity contribution in [2.24, 2.45) is 11.7 Å². The monoisotopic (exact) mass is 259 g/mol. The molecular weight excluding hydrogens is 234 g/mol. The van der Waals surface area contributed by atoms with Crippen LogP contribution in [0, 0.1) is 12.8 Å². The van der Waals surface area contributed by atoms with E-state index in [-0.39, 0.29) is 11.6 Å². The second-order valence-electron chi connectivity index (χ2n) is 6.49. The third kappa shape index (κ3) is 2.85. The SMILES string of the molecule is Cc1ccc(CC(N)C2CCOC3(CCC3)C2)cc1. The molecule has 1 aromatic carbocycles. The molecule has 2 aliphatic rings. The second-order valence-corrected chi connectivity index (χ2v) is 6.49. The largest absolute Gasteiger partial charge is 0.375 e. The molecule has 19 heavy (non-hydrogen) atoms. The number of nitrogens with two attached hydrogens (primary N) is 1. The zero-order valence-electron chi connectivity index (χ0n) is 11.9. The third-order valence-corrected chi connectivity index (χ3v) is 4.99. The Morgan fingerprint density at radius 3 is 2.68 bits per heavy atom. The van der Waals surface area contributed by atoms with E-state index in [1.54, 1.807) is 0 Å². The van der Waals surface area contributed by atoms with Crippen molar-refractivity contribution in [3.63, 3.8) is 0 Å². The molecular formula is C17H25NO. The molecule has 1 heterocycles. The van der Waals surface area contributed by atoms with Crippen LogP contribution in [0.3, 0.4) is 0 Å². The summed E-state index contributed by atoms with van der Waals surface area (Å²) in [5.41, 5.74) is 9.36. The van der Waals surface area contributed by atoms with Gasteiger partial charge in [0.15, 0.2) is 0 Å². The molecule has 3 rings (SSSR count). The summed E-state index contributed by atoms with van der Waals surface area (Å²) in [5, 5.41) is 0. The van der Waals surface area contributed by atoms with Gasteiger partial charge >= 0.3 is 0 Å². The van der Waals surface area contributed by atoms with Crippen LogP contribution >= 0.6 is 0 Å². The van der Waals surface area contributed by atoms with Crippen LogP contribution in [0.25, 0.3) is 0 Å². The number of ether oxygens (including phenoxy) is 1. The molecule has 2 nitrogen and oxygen atoms in total. The lowest BCUT2D eigenvalue weighted by Gasteiger charge is -2.48. The van der Waals surface area contributed by atoms with Gasteiger partial charge in [0.1, 0.15) is 0 Å². The molecule has 0 bridgehead atoms. The van der Waals surface area contributed by atoms with Crippen LogP contribution < -0.4 is 5.73 Å². The summed E-state index contributed by atoms with van der Waals surface area (Å²) in [6, 6.07) is 9.07. The molecule has 1 aliphatic heterocycles. The second kappa shape index (κ2) is 5.26. The summed E-state index contributed by atoms with van der Waals surface area (Å²) in [6.45, 7) is 3.04. The van der Waals surface area contributed by atoms with E-state index in [9.17, 15) is 0 Å². The van der Waals surface area contributed by atoms with E-state index in [0.717, 1.165) is 19.4 Å². The predicted octanol–water partition coefficient (Wildman–Crippen LogP) is 3.21. The van der Waals surface area contributed by atoms with Gasteiger partial charge in [-0.2, -0.15) is 0 Å². The maximum Gasteiger partial charge on any atom is 0.0685 e. The number of aryl methyl sites for hydroxylation is 1. The number of hydrogen-bond donors (Lipinski definition) is 1. The molecule has 1 aromatic rings. The quantitative estimate of drug-likeness (QED) is 0.904. The Labute approximate surface area is 116 Å². The van der Waals surface area contributed by atoms with Crippen LogP contribution in [-0.2, 0) is 11.2 Å². The Bertz CT molecular complexity index is 421. The molecule has 1 saturated carbocycles. The van der Waals surface area contributed by atoms with Gasteiger partial charge in [-0.05, 0) is 56.9 Å². The molecule has 2 fully saturated rings. The van der Waals surface area contributed by atoms with Crippen molar-refractivity contribution in [2.75, 3.05) is 6.61 Å². The van der Waals surface area contributed by atoms with Gasteiger partial charge in [0, 0.05) is 12.6 Å². The molecule has 2 unspecified atom stereocenters. The van der Waals surface area contributed by atoms with Crippen molar-refractivity contribution < 1.29 is 4.74 Å². The predicted molar refractivity (Wildman–Crippen MR) is 78.1 cm³/mol. The summed E-state index contributed by atoms with van der Waals surface area (Å²) in [7, 11) is 0. The van der Waals surface area contributed by atoms with E-state index in [1.807, 2.05) is 0 Å². The maximum absolute atomic E-state index is 6.46. The Morgan fingerprint density at radius 2 is 2.05 bits per heavy atom. The van der Waals surface area contributed by atoms with Gasteiger partial charge < -0.3 is 10.5 Å². The third-order valence-electron chi connectivity index (χ3n) is 4.99. The van der Waals surface area contributed by atoms with E-state index in [1.165, 1.54) is 36.8 Å². The first kappa shape index (κ1) is 13.1. The number of benzene rings is 1. The van der Waals surface area contributed by atoms with Crippen LogP contribution in [-0.4, -0.2) is 18.2 Å². The van der Waals surface area contributed by atoms with Gasteiger partial charge in [0.25, 0.3) is 0 Å². The summed E-state index contributed by atoms with van der Waals surface area (Å²) in [5.74, 6) is 0.635. The van der Waals surface area contributed by atoms with Gasteiger partial charge in [0.2, 0.25) is 0 Å². The van der Waals surface area contributed by atoms with E-state index < -0.39 is 0 Å². The highest BCUT2D eigenvalue weighted by Gasteiger charge is 2.43.